The van der Waals surface area contributed by atoms with Crippen LogP contribution in [0.3, 0.4) is 0 Å². The molecule has 0 saturated carbocycles. The van der Waals surface area contributed by atoms with Gasteiger partial charge in [0, 0.05) is 12.6 Å². The molecule has 0 spiro atoms. The lowest BCUT2D eigenvalue weighted by Gasteiger charge is -2.26. The monoisotopic (exact) mass is 418 g/mol. The van der Waals surface area contributed by atoms with Crippen LogP contribution in [-0.4, -0.2) is 67.2 Å². The van der Waals surface area contributed by atoms with Crippen molar-refractivity contribution >= 4 is 18.0 Å². The van der Waals surface area contributed by atoms with Crippen LogP contribution in [0.1, 0.15) is 30.9 Å². The molecule has 1 aromatic carbocycles. The second-order valence-corrected chi connectivity index (χ2v) is 7.17. The van der Waals surface area contributed by atoms with Gasteiger partial charge in [-0.25, -0.2) is 4.79 Å². The van der Waals surface area contributed by atoms with Crippen molar-refractivity contribution in [2.75, 3.05) is 40.0 Å². The molecule has 1 atom stereocenters. The molecule has 2 N–H and O–H groups in total. The summed E-state index contributed by atoms with van der Waals surface area (Å²) in [7, 11) is 1.34. The van der Waals surface area contributed by atoms with E-state index in [1.807, 2.05) is 0 Å². The predicted molar refractivity (Wildman–Crippen MR) is 110 cm³/mol. The van der Waals surface area contributed by atoms with Crippen molar-refractivity contribution in [3.05, 3.63) is 45.1 Å². The van der Waals surface area contributed by atoms with Gasteiger partial charge in [-0.3, -0.25) is 15.1 Å². The van der Waals surface area contributed by atoms with Crippen molar-refractivity contribution in [2.24, 2.45) is 4.99 Å². The Kier molecular flexibility index (Phi) is 7.36. The Balaban J connectivity index is 1.74. The molecule has 2 heterocycles. The quantitative estimate of drug-likeness (QED) is 0.355. The molecule has 0 aromatic heterocycles. The Morgan fingerprint density at radius 3 is 2.80 bits per heavy atom. The molecular weight excluding hydrogens is 392 g/mol. The SMILES string of the molecule is COc1ccc(C2N=CNC(COCCN3CCCCC3)=C2C(=O)O)cc1[N+](=O)[O-]. The van der Waals surface area contributed by atoms with Crippen molar-refractivity contribution in [1.29, 1.82) is 0 Å². The van der Waals surface area contributed by atoms with Crippen LogP contribution < -0.4 is 10.1 Å². The smallest absolute Gasteiger partial charge is 0.335 e. The molecule has 0 amide bonds. The first-order chi connectivity index (χ1) is 14.5. The van der Waals surface area contributed by atoms with Gasteiger partial charge in [0.1, 0.15) is 6.04 Å². The Morgan fingerprint density at radius 1 is 1.37 bits per heavy atom. The molecular formula is C20H26N4O6. The highest BCUT2D eigenvalue weighted by Crippen LogP contribution is 2.35. The van der Waals surface area contributed by atoms with Gasteiger partial charge in [-0.2, -0.15) is 0 Å². The number of carbonyl (C=O) groups is 1. The fraction of sp³-hybridized carbons (Fsp3) is 0.500. The summed E-state index contributed by atoms with van der Waals surface area (Å²) in [6.45, 7) is 3.52. The van der Waals surface area contributed by atoms with Gasteiger partial charge in [-0.15, -0.1) is 0 Å². The molecule has 2 aliphatic heterocycles. The van der Waals surface area contributed by atoms with Crippen LogP contribution >= 0.6 is 0 Å². The van der Waals surface area contributed by atoms with Gasteiger partial charge in [-0.05, 0) is 37.6 Å². The summed E-state index contributed by atoms with van der Waals surface area (Å²) in [5.41, 5.74) is 0.547. The number of hydrogen-bond donors (Lipinski definition) is 2. The Morgan fingerprint density at radius 2 is 2.13 bits per heavy atom. The summed E-state index contributed by atoms with van der Waals surface area (Å²) in [5.74, 6) is -1.05. The maximum Gasteiger partial charge on any atom is 0.335 e. The van der Waals surface area contributed by atoms with E-state index in [4.69, 9.17) is 9.47 Å². The Bertz CT molecular complexity index is 848. The first-order valence-electron chi connectivity index (χ1n) is 9.88. The fourth-order valence-corrected chi connectivity index (χ4v) is 3.70. The highest BCUT2D eigenvalue weighted by Gasteiger charge is 2.30. The van der Waals surface area contributed by atoms with Crippen LogP contribution in [0.4, 0.5) is 5.69 Å². The number of hydrogen-bond acceptors (Lipinski definition) is 8. The number of nitro benzene ring substituents is 1. The van der Waals surface area contributed by atoms with E-state index in [0.717, 1.165) is 19.6 Å². The molecule has 10 nitrogen and oxygen atoms in total. The average Bonchev–Trinajstić information content (AvgIpc) is 2.76. The molecule has 1 aromatic rings. The third-order valence-electron chi connectivity index (χ3n) is 5.25. The van der Waals surface area contributed by atoms with Gasteiger partial charge in [0.05, 0.1) is 42.9 Å². The number of nitro groups is 1. The van der Waals surface area contributed by atoms with Gasteiger partial charge in [0.2, 0.25) is 0 Å². The number of carboxylic acid groups (broad SMARTS) is 1. The maximum atomic E-state index is 12.0. The van der Waals surface area contributed by atoms with Gasteiger partial charge < -0.3 is 24.8 Å². The number of carboxylic acids is 1. The van der Waals surface area contributed by atoms with Gasteiger partial charge in [0.25, 0.3) is 0 Å². The van der Waals surface area contributed by atoms with Gasteiger partial charge in [0.15, 0.2) is 5.75 Å². The Hall–Kier alpha value is -2.98. The number of nitrogens with zero attached hydrogens (tertiary/aromatic N) is 3. The summed E-state index contributed by atoms with van der Waals surface area (Å²) in [4.78, 5) is 29.3. The summed E-state index contributed by atoms with van der Waals surface area (Å²) < 4.78 is 10.7. The summed E-state index contributed by atoms with van der Waals surface area (Å²) >= 11 is 0. The molecule has 30 heavy (non-hydrogen) atoms. The average molecular weight is 418 g/mol. The number of likely N-dealkylation sites (tertiary alicyclic amines) is 1. The number of rotatable bonds is 9. The molecule has 0 bridgehead atoms. The minimum absolute atomic E-state index is 0.00920. The summed E-state index contributed by atoms with van der Waals surface area (Å²) in [6.07, 6.45) is 5.06. The molecule has 162 valence electrons. The van der Waals surface area contributed by atoms with E-state index in [2.05, 4.69) is 15.2 Å². The van der Waals surface area contributed by atoms with E-state index < -0.39 is 16.9 Å². The molecule has 1 fully saturated rings. The zero-order chi connectivity index (χ0) is 21.5. The molecule has 1 saturated heterocycles. The lowest BCUT2D eigenvalue weighted by Crippen LogP contribution is -2.33. The van der Waals surface area contributed by atoms with Crippen molar-refractivity contribution in [3.63, 3.8) is 0 Å². The van der Waals surface area contributed by atoms with Crippen molar-refractivity contribution in [1.82, 2.24) is 10.2 Å². The fourth-order valence-electron chi connectivity index (χ4n) is 3.70. The van der Waals surface area contributed by atoms with Crippen LogP contribution in [0.25, 0.3) is 0 Å². The molecule has 3 rings (SSSR count). The van der Waals surface area contributed by atoms with Crippen LogP contribution in [-0.2, 0) is 9.53 Å². The maximum absolute atomic E-state index is 12.0. The number of piperidine rings is 1. The third-order valence-corrected chi connectivity index (χ3v) is 5.25. The first-order valence-corrected chi connectivity index (χ1v) is 9.88. The third kappa shape index (κ3) is 5.14. The van der Waals surface area contributed by atoms with Crippen LogP contribution in [0, 0.1) is 10.1 Å². The minimum atomic E-state index is -1.16. The standard InChI is InChI=1S/C20H26N4O6/c1-29-17-6-5-14(11-16(17)24(27)28)19-18(20(25)26)15(21-13-22-19)12-30-10-9-23-7-3-2-4-8-23/h5-6,11,13,19H,2-4,7-10,12H2,1H3,(H,21,22)(H,25,26). The summed E-state index contributed by atoms with van der Waals surface area (Å²) in [5, 5.41) is 24.0. The summed E-state index contributed by atoms with van der Waals surface area (Å²) in [6, 6.07) is 3.44. The van der Waals surface area contributed by atoms with Crippen LogP contribution in [0.5, 0.6) is 5.75 Å². The largest absolute Gasteiger partial charge is 0.490 e. The molecule has 0 radical (unpaired) electrons. The number of ether oxygens (including phenoxy) is 2. The van der Waals surface area contributed by atoms with Gasteiger partial charge >= 0.3 is 11.7 Å². The number of benzene rings is 1. The van der Waals surface area contributed by atoms with E-state index in [1.165, 1.54) is 44.8 Å². The normalized spacial score (nSPS) is 19.4. The zero-order valence-electron chi connectivity index (χ0n) is 16.9. The van der Waals surface area contributed by atoms with Crippen molar-refractivity contribution in [2.45, 2.75) is 25.3 Å². The zero-order valence-corrected chi connectivity index (χ0v) is 16.9. The van der Waals surface area contributed by atoms with E-state index in [0.29, 0.717) is 17.9 Å². The minimum Gasteiger partial charge on any atom is -0.490 e. The molecule has 2 aliphatic rings. The topological polar surface area (TPSA) is 127 Å². The lowest BCUT2D eigenvalue weighted by molar-refractivity contribution is -0.385. The number of aliphatic carboxylic acids is 1. The number of methoxy groups -OCH3 is 1. The second-order valence-electron chi connectivity index (χ2n) is 7.17. The molecule has 10 heteroatoms. The lowest BCUT2D eigenvalue weighted by atomic mass is 9.96. The molecule has 0 aliphatic carbocycles. The van der Waals surface area contributed by atoms with E-state index >= 15 is 0 Å². The van der Waals surface area contributed by atoms with Crippen molar-refractivity contribution < 1.29 is 24.3 Å². The van der Waals surface area contributed by atoms with E-state index in [-0.39, 0.29) is 23.6 Å². The van der Waals surface area contributed by atoms with Gasteiger partial charge in [-0.1, -0.05) is 12.5 Å². The van der Waals surface area contributed by atoms with Crippen LogP contribution in [0.2, 0.25) is 0 Å². The second kappa shape index (κ2) is 10.2. The number of nitrogens with one attached hydrogen (secondary N) is 1. The Labute approximate surface area is 174 Å². The first kappa shape index (κ1) is 21.7. The highest BCUT2D eigenvalue weighted by atomic mass is 16.6. The van der Waals surface area contributed by atoms with E-state index in [9.17, 15) is 20.0 Å². The number of aliphatic imine (C=N–C) groups is 1. The van der Waals surface area contributed by atoms with Crippen molar-refractivity contribution in [3.8, 4) is 5.75 Å². The molecule has 1 unspecified atom stereocenters. The predicted octanol–water partition coefficient (Wildman–Crippen LogP) is 2.12. The van der Waals surface area contributed by atoms with Crippen LogP contribution in [0.15, 0.2) is 34.5 Å². The highest BCUT2D eigenvalue weighted by molar-refractivity contribution is 5.91. The van der Waals surface area contributed by atoms with E-state index in [1.54, 1.807) is 6.07 Å².